The molecule has 6 nitrogen and oxygen atoms in total. The van der Waals surface area contributed by atoms with Crippen molar-refractivity contribution >= 4 is 49.7 Å². The second-order valence-electron chi connectivity index (χ2n) is 5.23. The quantitative estimate of drug-likeness (QED) is 0.580. The zero-order chi connectivity index (χ0) is 17.9. The van der Waals surface area contributed by atoms with E-state index >= 15 is 0 Å². The van der Waals surface area contributed by atoms with Gasteiger partial charge >= 0.3 is 37.7 Å². The summed E-state index contributed by atoms with van der Waals surface area (Å²) in [4.78, 5) is 20.5. The van der Waals surface area contributed by atoms with Crippen LogP contribution in [0.5, 0.6) is 0 Å². The number of carboxylic acid groups (broad SMARTS) is 2. The maximum absolute atomic E-state index is 10.3. The Morgan fingerprint density at radius 1 is 0.720 bits per heavy atom. The van der Waals surface area contributed by atoms with Gasteiger partial charge in [-0.05, 0) is 24.0 Å². The molecule has 0 amide bonds. The first-order valence-electron chi connectivity index (χ1n) is 7.41. The molecule has 0 saturated heterocycles. The Bertz CT molecular complexity index is 581. The fraction of sp³-hybridized carbons (Fsp3) is 0.222. The molecule has 2 atom stereocenters. The Morgan fingerprint density at radius 2 is 1.00 bits per heavy atom. The summed E-state index contributed by atoms with van der Waals surface area (Å²) in [7, 11) is 0. The van der Waals surface area contributed by atoms with Crippen LogP contribution in [-0.4, -0.2) is 61.8 Å². The van der Waals surface area contributed by atoms with Gasteiger partial charge in [0.1, 0.15) is 0 Å². The van der Waals surface area contributed by atoms with Gasteiger partial charge in [0.15, 0.2) is 0 Å². The summed E-state index contributed by atoms with van der Waals surface area (Å²) in [5.74, 6) is -2.42. The predicted octanol–water partition coefficient (Wildman–Crippen LogP) is -1.77. The van der Waals surface area contributed by atoms with E-state index in [4.69, 9.17) is 11.5 Å². The van der Waals surface area contributed by atoms with Gasteiger partial charge in [-0.15, -0.1) is 0 Å². The maximum Gasteiger partial charge on any atom is 2.00 e. The number of nitrogens with two attached hydrogens (primary N) is 2. The van der Waals surface area contributed by atoms with Crippen molar-refractivity contribution < 1.29 is 19.8 Å². The van der Waals surface area contributed by atoms with E-state index in [1.54, 1.807) is 0 Å². The summed E-state index contributed by atoms with van der Waals surface area (Å²) in [6.45, 7) is 0. The summed E-state index contributed by atoms with van der Waals surface area (Å²) < 4.78 is 0. The molecule has 0 radical (unpaired) electrons. The van der Waals surface area contributed by atoms with Crippen LogP contribution in [0.25, 0.3) is 0 Å². The standard InChI is InChI=1S/2C9H11NO2.Ca/c2*10-8(9(11)12)6-7-4-2-1-3-5-7;/h2*1-5,8H,6,10H2,(H,11,12);/q;;+2/p-2/t2*8-;/m00./s1. The third-order valence-electron chi connectivity index (χ3n) is 3.20. The van der Waals surface area contributed by atoms with E-state index in [1.807, 2.05) is 60.7 Å². The van der Waals surface area contributed by atoms with Crippen LogP contribution in [0.2, 0.25) is 0 Å². The molecule has 7 heteroatoms. The minimum absolute atomic E-state index is 0. The molecule has 128 valence electrons. The zero-order valence-corrected chi connectivity index (χ0v) is 16.0. The van der Waals surface area contributed by atoms with Crippen LogP contribution in [0.15, 0.2) is 60.7 Å². The molecule has 0 saturated carbocycles. The maximum atomic E-state index is 10.3. The van der Waals surface area contributed by atoms with Crippen molar-refractivity contribution in [3.05, 3.63) is 71.8 Å². The van der Waals surface area contributed by atoms with E-state index in [0.717, 1.165) is 11.1 Å². The molecule has 0 bridgehead atoms. The molecule has 2 aromatic rings. The van der Waals surface area contributed by atoms with E-state index in [9.17, 15) is 19.8 Å². The Hall–Kier alpha value is -1.44. The summed E-state index contributed by atoms with van der Waals surface area (Å²) in [6.07, 6.45) is 0.645. The zero-order valence-electron chi connectivity index (χ0n) is 13.8. The van der Waals surface area contributed by atoms with Crippen molar-refractivity contribution in [1.82, 2.24) is 0 Å². The van der Waals surface area contributed by atoms with Gasteiger partial charge in [-0.25, -0.2) is 0 Å². The average molecular weight is 368 g/mol. The van der Waals surface area contributed by atoms with Crippen molar-refractivity contribution in [3.63, 3.8) is 0 Å². The Labute approximate surface area is 176 Å². The first-order chi connectivity index (χ1) is 11.4. The third-order valence-corrected chi connectivity index (χ3v) is 3.20. The topological polar surface area (TPSA) is 132 Å². The SMILES string of the molecule is N[C@@H](Cc1ccccc1)C(=O)[O-].N[C@@H](Cc1ccccc1)C(=O)[O-].[Ca+2]. The van der Waals surface area contributed by atoms with E-state index in [1.165, 1.54) is 0 Å². The van der Waals surface area contributed by atoms with Gasteiger partial charge in [-0.2, -0.15) is 0 Å². The molecule has 0 fully saturated rings. The number of hydrogen-bond acceptors (Lipinski definition) is 6. The van der Waals surface area contributed by atoms with Crippen molar-refractivity contribution in [2.45, 2.75) is 24.9 Å². The van der Waals surface area contributed by atoms with E-state index < -0.39 is 24.0 Å². The third kappa shape index (κ3) is 10.2. The summed E-state index contributed by atoms with van der Waals surface area (Å²) in [6, 6.07) is 16.6. The van der Waals surface area contributed by atoms with Crippen molar-refractivity contribution in [2.24, 2.45) is 11.5 Å². The molecular formula is C18H20CaN2O4. The number of rotatable bonds is 6. The number of benzene rings is 2. The largest absolute Gasteiger partial charge is 2.00 e. The molecule has 0 aliphatic heterocycles. The molecule has 0 aliphatic rings. The van der Waals surface area contributed by atoms with Gasteiger partial charge < -0.3 is 31.3 Å². The monoisotopic (exact) mass is 368 g/mol. The van der Waals surface area contributed by atoms with Gasteiger partial charge in [0.25, 0.3) is 0 Å². The van der Waals surface area contributed by atoms with Gasteiger partial charge in [-0.1, -0.05) is 60.7 Å². The van der Waals surface area contributed by atoms with Crippen LogP contribution in [0.1, 0.15) is 11.1 Å². The molecule has 0 unspecified atom stereocenters. The van der Waals surface area contributed by atoms with Gasteiger partial charge in [0.2, 0.25) is 0 Å². The van der Waals surface area contributed by atoms with Gasteiger partial charge in [0.05, 0.1) is 11.9 Å². The molecule has 0 aromatic heterocycles. The number of carboxylic acids is 2. The van der Waals surface area contributed by atoms with Crippen molar-refractivity contribution in [2.75, 3.05) is 0 Å². The average Bonchev–Trinajstić information content (AvgIpc) is 2.57. The molecule has 2 rings (SSSR count). The van der Waals surface area contributed by atoms with E-state index in [0.29, 0.717) is 12.8 Å². The number of carbonyl (C=O) groups excluding carboxylic acids is 2. The van der Waals surface area contributed by atoms with Crippen LogP contribution >= 0.6 is 0 Å². The molecule has 4 N–H and O–H groups in total. The fourth-order valence-electron chi connectivity index (χ4n) is 1.90. The van der Waals surface area contributed by atoms with Crippen molar-refractivity contribution in [3.8, 4) is 0 Å². The van der Waals surface area contributed by atoms with Crippen LogP contribution in [0, 0.1) is 0 Å². The second-order valence-corrected chi connectivity index (χ2v) is 5.23. The number of aliphatic carboxylic acids is 2. The normalized spacial score (nSPS) is 11.9. The molecule has 0 spiro atoms. The van der Waals surface area contributed by atoms with Gasteiger partial charge in [-0.3, -0.25) is 0 Å². The predicted molar refractivity (Wildman–Crippen MR) is 92.0 cm³/mol. The van der Waals surface area contributed by atoms with Crippen LogP contribution in [0.4, 0.5) is 0 Å². The minimum Gasteiger partial charge on any atom is -0.548 e. The first kappa shape index (κ1) is 23.6. The summed E-state index contributed by atoms with van der Waals surface area (Å²) in [5.41, 5.74) is 12.4. The molecule has 25 heavy (non-hydrogen) atoms. The summed E-state index contributed by atoms with van der Waals surface area (Å²) >= 11 is 0. The van der Waals surface area contributed by atoms with Crippen LogP contribution in [0.3, 0.4) is 0 Å². The smallest absolute Gasteiger partial charge is 0.548 e. The fourth-order valence-corrected chi connectivity index (χ4v) is 1.90. The molecule has 2 aromatic carbocycles. The second kappa shape index (κ2) is 12.9. The van der Waals surface area contributed by atoms with E-state index in [2.05, 4.69) is 0 Å². The molecule has 0 heterocycles. The van der Waals surface area contributed by atoms with Crippen LogP contribution in [-0.2, 0) is 22.4 Å². The van der Waals surface area contributed by atoms with Gasteiger partial charge in [0, 0.05) is 12.1 Å². The number of hydrogen-bond donors (Lipinski definition) is 2. The minimum atomic E-state index is -1.21. The summed E-state index contributed by atoms with van der Waals surface area (Å²) in [5, 5.41) is 20.5. The Kier molecular flexibility index (Phi) is 12.1. The Balaban J connectivity index is 0.000000443. The number of carbonyl (C=O) groups is 2. The Morgan fingerprint density at radius 3 is 1.24 bits per heavy atom. The van der Waals surface area contributed by atoms with Crippen molar-refractivity contribution in [1.29, 1.82) is 0 Å². The van der Waals surface area contributed by atoms with Crippen LogP contribution < -0.4 is 21.7 Å². The van der Waals surface area contributed by atoms with E-state index in [-0.39, 0.29) is 37.7 Å². The molecule has 0 aliphatic carbocycles. The first-order valence-corrected chi connectivity index (χ1v) is 7.41. The molecular weight excluding hydrogens is 348 g/mol.